The van der Waals surface area contributed by atoms with Crippen LogP contribution in [0, 0.1) is 5.92 Å². The number of nitrogens with one attached hydrogen (secondary N) is 3. The van der Waals surface area contributed by atoms with Crippen molar-refractivity contribution in [2.45, 2.75) is 33.1 Å². The lowest BCUT2D eigenvalue weighted by Gasteiger charge is -2.16. The molecule has 0 spiro atoms. The molecule has 6 nitrogen and oxygen atoms in total. The zero-order valence-corrected chi connectivity index (χ0v) is 15.5. The molecule has 26 heavy (non-hydrogen) atoms. The second kappa shape index (κ2) is 7.70. The second-order valence-electron chi connectivity index (χ2n) is 6.58. The van der Waals surface area contributed by atoms with Gasteiger partial charge in [0.1, 0.15) is 0 Å². The number of anilines is 1. The van der Waals surface area contributed by atoms with Crippen molar-refractivity contribution < 1.29 is 14.4 Å². The summed E-state index contributed by atoms with van der Waals surface area (Å²) < 4.78 is 0. The molecule has 3 rings (SSSR count). The van der Waals surface area contributed by atoms with E-state index in [1.54, 1.807) is 24.3 Å². The van der Waals surface area contributed by atoms with Crippen molar-refractivity contribution in [3.63, 3.8) is 0 Å². The van der Waals surface area contributed by atoms with E-state index in [2.05, 4.69) is 23.1 Å². The lowest BCUT2D eigenvalue weighted by molar-refractivity contribution is -0.114. The highest BCUT2D eigenvalue weighted by molar-refractivity contribution is 7.14. The lowest BCUT2D eigenvalue weighted by Crippen LogP contribution is -2.41. The molecule has 1 heterocycles. The molecular formula is C19H21N3O3S. The van der Waals surface area contributed by atoms with E-state index in [1.807, 2.05) is 6.07 Å². The Balaban J connectivity index is 1.61. The number of fused-ring (bicyclic) bond motifs is 1. The third kappa shape index (κ3) is 4.29. The summed E-state index contributed by atoms with van der Waals surface area (Å²) in [7, 11) is 0. The molecule has 136 valence electrons. The molecule has 0 bridgehead atoms. The van der Waals surface area contributed by atoms with Crippen LogP contribution in [-0.2, 0) is 17.6 Å². The molecule has 1 aliphatic carbocycles. The Morgan fingerprint density at radius 3 is 2.65 bits per heavy atom. The smallest absolute Gasteiger partial charge is 0.279 e. The van der Waals surface area contributed by atoms with Gasteiger partial charge in [0.25, 0.3) is 11.8 Å². The van der Waals surface area contributed by atoms with Gasteiger partial charge in [0, 0.05) is 23.1 Å². The number of hydrogen-bond donors (Lipinski definition) is 3. The van der Waals surface area contributed by atoms with Crippen LogP contribution < -0.4 is 16.2 Å². The first-order chi connectivity index (χ1) is 12.4. The Hall–Kier alpha value is -2.67. The Bertz CT molecular complexity index is 859. The summed E-state index contributed by atoms with van der Waals surface area (Å²) in [5, 5.41) is 2.62. The molecule has 0 aliphatic heterocycles. The van der Waals surface area contributed by atoms with Crippen LogP contribution >= 0.6 is 11.3 Å². The van der Waals surface area contributed by atoms with E-state index in [4.69, 9.17) is 0 Å². The maximum absolute atomic E-state index is 12.3. The number of aryl methyl sites for hydroxylation is 1. The second-order valence-corrected chi connectivity index (χ2v) is 7.71. The van der Waals surface area contributed by atoms with E-state index in [1.165, 1.54) is 28.7 Å². The summed E-state index contributed by atoms with van der Waals surface area (Å²) in [5.74, 6) is -0.334. The van der Waals surface area contributed by atoms with E-state index >= 15 is 0 Å². The minimum atomic E-state index is -0.444. The molecule has 1 atom stereocenters. The first kappa shape index (κ1) is 18.1. The molecule has 1 aromatic carbocycles. The van der Waals surface area contributed by atoms with Crippen molar-refractivity contribution in [3.05, 3.63) is 51.2 Å². The molecule has 0 saturated carbocycles. The topological polar surface area (TPSA) is 87.3 Å². The highest BCUT2D eigenvalue weighted by atomic mass is 32.1. The minimum Gasteiger partial charge on any atom is -0.326 e. The van der Waals surface area contributed by atoms with E-state index in [9.17, 15) is 14.4 Å². The fourth-order valence-electron chi connectivity index (χ4n) is 3.01. The summed E-state index contributed by atoms with van der Waals surface area (Å²) in [6.07, 6.45) is 3.16. The Morgan fingerprint density at radius 1 is 1.12 bits per heavy atom. The van der Waals surface area contributed by atoms with Gasteiger partial charge < -0.3 is 5.32 Å². The largest absolute Gasteiger partial charge is 0.326 e. The number of benzene rings is 1. The Labute approximate surface area is 156 Å². The third-order valence-electron chi connectivity index (χ3n) is 4.29. The van der Waals surface area contributed by atoms with Crippen molar-refractivity contribution in [3.8, 4) is 0 Å². The monoisotopic (exact) mass is 371 g/mol. The molecule has 0 saturated heterocycles. The lowest BCUT2D eigenvalue weighted by atomic mass is 9.90. The van der Waals surface area contributed by atoms with Gasteiger partial charge in [-0.25, -0.2) is 0 Å². The highest BCUT2D eigenvalue weighted by Gasteiger charge is 2.21. The van der Waals surface area contributed by atoms with Crippen LogP contribution in [0.4, 0.5) is 5.69 Å². The van der Waals surface area contributed by atoms with Gasteiger partial charge >= 0.3 is 0 Å². The van der Waals surface area contributed by atoms with Crippen molar-refractivity contribution in [1.29, 1.82) is 0 Å². The van der Waals surface area contributed by atoms with Gasteiger partial charge in [-0.1, -0.05) is 13.0 Å². The van der Waals surface area contributed by atoms with Gasteiger partial charge in [-0.15, -0.1) is 11.3 Å². The predicted molar refractivity (Wildman–Crippen MR) is 101 cm³/mol. The zero-order valence-electron chi connectivity index (χ0n) is 14.7. The van der Waals surface area contributed by atoms with Gasteiger partial charge in [-0.3, -0.25) is 25.2 Å². The molecule has 2 aromatic rings. The summed E-state index contributed by atoms with van der Waals surface area (Å²) in [4.78, 5) is 37.5. The molecule has 0 fully saturated rings. The van der Waals surface area contributed by atoms with Crippen LogP contribution in [-0.4, -0.2) is 17.7 Å². The molecule has 1 aliphatic rings. The number of hydrazine groups is 1. The van der Waals surface area contributed by atoms with Crippen LogP contribution in [0.25, 0.3) is 0 Å². The first-order valence-corrected chi connectivity index (χ1v) is 9.34. The maximum Gasteiger partial charge on any atom is 0.279 e. The highest BCUT2D eigenvalue weighted by Crippen LogP contribution is 2.32. The Kier molecular flexibility index (Phi) is 5.37. The van der Waals surface area contributed by atoms with Gasteiger partial charge in [0.05, 0.1) is 4.88 Å². The molecule has 3 amide bonds. The number of rotatable bonds is 3. The van der Waals surface area contributed by atoms with Crippen LogP contribution in [0.15, 0.2) is 30.3 Å². The summed E-state index contributed by atoms with van der Waals surface area (Å²) >= 11 is 1.49. The Morgan fingerprint density at radius 2 is 1.88 bits per heavy atom. The van der Waals surface area contributed by atoms with Gasteiger partial charge in [0.15, 0.2) is 0 Å². The fraction of sp³-hybridized carbons (Fsp3) is 0.316. The molecule has 1 aromatic heterocycles. The molecule has 0 radical (unpaired) electrons. The van der Waals surface area contributed by atoms with E-state index in [-0.39, 0.29) is 11.8 Å². The normalized spacial score (nSPS) is 15.7. The fourth-order valence-corrected chi connectivity index (χ4v) is 4.11. The van der Waals surface area contributed by atoms with Crippen LogP contribution in [0.3, 0.4) is 0 Å². The summed E-state index contributed by atoms with van der Waals surface area (Å²) in [6.45, 7) is 3.62. The standard InChI is InChI=1S/C19H21N3O3S/c1-11-6-7-16-14(8-11)10-17(26-16)19(25)22-21-18(24)13-4-3-5-15(9-13)20-12(2)23/h3-5,9-11H,6-8H2,1-2H3,(H,20,23)(H,21,24)(H,22,25). The van der Waals surface area contributed by atoms with Crippen molar-refractivity contribution in [2.24, 2.45) is 5.92 Å². The quantitative estimate of drug-likeness (QED) is 0.725. The van der Waals surface area contributed by atoms with Crippen LogP contribution in [0.5, 0.6) is 0 Å². The molecule has 7 heteroatoms. The van der Waals surface area contributed by atoms with Crippen molar-refractivity contribution >= 4 is 34.7 Å². The molecule has 3 N–H and O–H groups in total. The van der Waals surface area contributed by atoms with E-state index < -0.39 is 5.91 Å². The zero-order chi connectivity index (χ0) is 18.7. The van der Waals surface area contributed by atoms with Gasteiger partial charge in [-0.2, -0.15) is 0 Å². The third-order valence-corrected chi connectivity index (χ3v) is 5.52. The number of carbonyl (C=O) groups is 3. The summed E-state index contributed by atoms with van der Waals surface area (Å²) in [5.41, 5.74) is 7.00. The number of carbonyl (C=O) groups excluding carboxylic acids is 3. The minimum absolute atomic E-state index is 0.216. The average molecular weight is 371 g/mol. The number of hydrogen-bond acceptors (Lipinski definition) is 4. The number of thiophene rings is 1. The van der Waals surface area contributed by atoms with Gasteiger partial charge in [0.2, 0.25) is 5.91 Å². The number of amides is 3. The van der Waals surface area contributed by atoms with Crippen molar-refractivity contribution in [2.75, 3.05) is 5.32 Å². The maximum atomic E-state index is 12.3. The average Bonchev–Trinajstić information content (AvgIpc) is 3.02. The first-order valence-electron chi connectivity index (χ1n) is 8.52. The van der Waals surface area contributed by atoms with E-state index in [0.717, 1.165) is 19.3 Å². The molecular weight excluding hydrogens is 350 g/mol. The van der Waals surface area contributed by atoms with Crippen LogP contribution in [0.2, 0.25) is 0 Å². The molecule has 1 unspecified atom stereocenters. The van der Waals surface area contributed by atoms with Crippen molar-refractivity contribution in [1.82, 2.24) is 10.9 Å². The van der Waals surface area contributed by atoms with Crippen LogP contribution in [0.1, 0.15) is 50.7 Å². The van der Waals surface area contributed by atoms with E-state index in [0.29, 0.717) is 22.0 Å². The summed E-state index contributed by atoms with van der Waals surface area (Å²) in [6, 6.07) is 8.44. The predicted octanol–water partition coefficient (Wildman–Crippen LogP) is 2.91. The van der Waals surface area contributed by atoms with Gasteiger partial charge in [-0.05, 0) is 55.0 Å². The SMILES string of the molecule is CC(=O)Nc1cccc(C(=O)NNC(=O)c2cc3c(s2)CCC(C)C3)c1.